The number of aryl methyl sites for hydroxylation is 1. The number of nitrogens with two attached hydrogens (primary N) is 1. The standard InChI is InChI=1S/C14H14INO/c1-9-4-3-5-13(10(9)2)17-14-7-6-11(15)8-12(14)16/h3-8H,16H2,1-2H3. The molecule has 88 valence electrons. The van der Waals surface area contributed by atoms with Crippen molar-refractivity contribution in [3.8, 4) is 11.5 Å². The van der Waals surface area contributed by atoms with E-state index in [-0.39, 0.29) is 0 Å². The first kappa shape index (κ1) is 12.2. The Labute approximate surface area is 115 Å². The summed E-state index contributed by atoms with van der Waals surface area (Å²) in [6, 6.07) is 11.8. The van der Waals surface area contributed by atoms with Crippen molar-refractivity contribution in [2.45, 2.75) is 13.8 Å². The zero-order valence-corrected chi connectivity index (χ0v) is 12.0. The second kappa shape index (κ2) is 4.96. The largest absolute Gasteiger partial charge is 0.455 e. The fourth-order valence-corrected chi connectivity index (χ4v) is 2.08. The predicted molar refractivity (Wildman–Crippen MR) is 79.6 cm³/mol. The molecule has 0 bridgehead atoms. The third-order valence-electron chi connectivity index (χ3n) is 2.75. The summed E-state index contributed by atoms with van der Waals surface area (Å²) in [7, 11) is 0. The van der Waals surface area contributed by atoms with E-state index in [9.17, 15) is 0 Å². The van der Waals surface area contributed by atoms with Gasteiger partial charge >= 0.3 is 0 Å². The molecule has 3 heteroatoms. The predicted octanol–water partition coefficient (Wildman–Crippen LogP) is 4.28. The molecule has 0 amide bonds. The van der Waals surface area contributed by atoms with Crippen LogP contribution in [0.25, 0.3) is 0 Å². The summed E-state index contributed by atoms with van der Waals surface area (Å²) in [6.45, 7) is 4.12. The minimum atomic E-state index is 0.665. The molecule has 2 rings (SSSR count). The van der Waals surface area contributed by atoms with E-state index in [1.165, 1.54) is 5.56 Å². The third-order valence-corrected chi connectivity index (χ3v) is 3.42. The second-order valence-electron chi connectivity index (χ2n) is 3.98. The number of rotatable bonds is 2. The Morgan fingerprint density at radius 2 is 1.82 bits per heavy atom. The van der Waals surface area contributed by atoms with Crippen molar-refractivity contribution in [2.75, 3.05) is 5.73 Å². The lowest BCUT2D eigenvalue weighted by Gasteiger charge is -2.12. The Kier molecular flexibility index (Phi) is 3.57. The number of anilines is 1. The molecule has 2 aromatic rings. The molecule has 0 aromatic heterocycles. The first-order valence-corrected chi connectivity index (χ1v) is 6.45. The topological polar surface area (TPSA) is 35.2 Å². The number of hydrogen-bond donors (Lipinski definition) is 1. The molecule has 0 unspecified atom stereocenters. The van der Waals surface area contributed by atoms with E-state index < -0.39 is 0 Å². The van der Waals surface area contributed by atoms with E-state index in [1.54, 1.807) is 0 Å². The zero-order chi connectivity index (χ0) is 12.4. The lowest BCUT2D eigenvalue weighted by atomic mass is 10.1. The quantitative estimate of drug-likeness (QED) is 0.655. The second-order valence-corrected chi connectivity index (χ2v) is 5.23. The van der Waals surface area contributed by atoms with Crippen LogP contribution in [0.5, 0.6) is 11.5 Å². The zero-order valence-electron chi connectivity index (χ0n) is 9.83. The fourth-order valence-electron chi connectivity index (χ4n) is 1.57. The van der Waals surface area contributed by atoms with E-state index >= 15 is 0 Å². The van der Waals surface area contributed by atoms with Crippen molar-refractivity contribution in [3.63, 3.8) is 0 Å². The molecule has 0 aliphatic rings. The minimum absolute atomic E-state index is 0.665. The maximum atomic E-state index is 5.93. The van der Waals surface area contributed by atoms with Crippen LogP contribution in [0.15, 0.2) is 36.4 Å². The van der Waals surface area contributed by atoms with Crippen LogP contribution in [-0.2, 0) is 0 Å². The molecule has 17 heavy (non-hydrogen) atoms. The molecule has 0 aliphatic carbocycles. The summed E-state index contributed by atoms with van der Waals surface area (Å²) in [6.07, 6.45) is 0. The molecular formula is C14H14INO. The molecule has 2 N–H and O–H groups in total. The summed E-state index contributed by atoms with van der Waals surface area (Å²) < 4.78 is 6.95. The maximum absolute atomic E-state index is 5.93. The maximum Gasteiger partial charge on any atom is 0.150 e. The number of hydrogen-bond acceptors (Lipinski definition) is 2. The molecule has 0 fully saturated rings. The summed E-state index contributed by atoms with van der Waals surface area (Å²) >= 11 is 2.23. The van der Waals surface area contributed by atoms with E-state index in [2.05, 4.69) is 35.6 Å². The molecule has 0 aliphatic heterocycles. The van der Waals surface area contributed by atoms with Gasteiger partial charge in [0.2, 0.25) is 0 Å². The van der Waals surface area contributed by atoms with Crippen molar-refractivity contribution < 1.29 is 4.74 Å². The van der Waals surface area contributed by atoms with E-state index in [1.807, 2.05) is 37.3 Å². The molecular weight excluding hydrogens is 325 g/mol. The normalized spacial score (nSPS) is 10.3. The van der Waals surface area contributed by atoms with Crippen LogP contribution < -0.4 is 10.5 Å². The Bertz CT molecular complexity index is 552. The third kappa shape index (κ3) is 2.72. The van der Waals surface area contributed by atoms with Gasteiger partial charge in [-0.1, -0.05) is 12.1 Å². The van der Waals surface area contributed by atoms with Gasteiger partial charge in [0.15, 0.2) is 0 Å². The molecule has 2 nitrogen and oxygen atoms in total. The summed E-state index contributed by atoms with van der Waals surface area (Å²) in [5.74, 6) is 1.57. The molecule has 2 aromatic carbocycles. The van der Waals surface area contributed by atoms with E-state index in [4.69, 9.17) is 10.5 Å². The van der Waals surface area contributed by atoms with Crippen LogP contribution in [0.3, 0.4) is 0 Å². The summed E-state index contributed by atoms with van der Waals surface area (Å²) in [4.78, 5) is 0. The van der Waals surface area contributed by atoms with Crippen LogP contribution in [0.2, 0.25) is 0 Å². The number of halogens is 1. The van der Waals surface area contributed by atoms with E-state index in [0.717, 1.165) is 14.9 Å². The number of ether oxygens (including phenoxy) is 1. The highest BCUT2D eigenvalue weighted by Gasteiger charge is 2.06. The van der Waals surface area contributed by atoms with Gasteiger partial charge in [0.1, 0.15) is 11.5 Å². The van der Waals surface area contributed by atoms with Crippen molar-refractivity contribution in [1.29, 1.82) is 0 Å². The Hall–Kier alpha value is -1.23. The van der Waals surface area contributed by atoms with Gasteiger partial charge in [0, 0.05) is 3.57 Å². The smallest absolute Gasteiger partial charge is 0.150 e. The van der Waals surface area contributed by atoms with Crippen molar-refractivity contribution in [3.05, 3.63) is 51.1 Å². The monoisotopic (exact) mass is 339 g/mol. The van der Waals surface area contributed by atoms with Gasteiger partial charge in [0.25, 0.3) is 0 Å². The molecule has 0 saturated heterocycles. The average molecular weight is 339 g/mol. The molecule has 0 saturated carbocycles. The Morgan fingerprint density at radius 3 is 2.53 bits per heavy atom. The summed E-state index contributed by atoms with van der Waals surface area (Å²) in [5.41, 5.74) is 8.95. The average Bonchev–Trinajstić information content (AvgIpc) is 2.28. The minimum Gasteiger partial charge on any atom is -0.455 e. The highest BCUT2D eigenvalue weighted by Crippen LogP contribution is 2.31. The van der Waals surface area contributed by atoms with Gasteiger partial charge < -0.3 is 10.5 Å². The highest BCUT2D eigenvalue weighted by atomic mass is 127. The fraction of sp³-hybridized carbons (Fsp3) is 0.143. The first-order chi connectivity index (χ1) is 8.08. The van der Waals surface area contributed by atoms with Gasteiger partial charge in [-0.15, -0.1) is 0 Å². The van der Waals surface area contributed by atoms with Crippen molar-refractivity contribution in [2.24, 2.45) is 0 Å². The van der Waals surface area contributed by atoms with Gasteiger partial charge in [-0.3, -0.25) is 0 Å². The van der Waals surface area contributed by atoms with Crippen LogP contribution in [-0.4, -0.2) is 0 Å². The van der Waals surface area contributed by atoms with Crippen LogP contribution in [0.4, 0.5) is 5.69 Å². The SMILES string of the molecule is Cc1cccc(Oc2ccc(I)cc2N)c1C. The lowest BCUT2D eigenvalue weighted by Crippen LogP contribution is -1.94. The van der Waals surface area contributed by atoms with Crippen LogP contribution in [0, 0.1) is 17.4 Å². The Morgan fingerprint density at radius 1 is 1.06 bits per heavy atom. The number of nitrogen functional groups attached to an aromatic ring is 1. The molecule has 0 atom stereocenters. The Balaban J connectivity index is 2.35. The van der Waals surface area contributed by atoms with Crippen LogP contribution >= 0.6 is 22.6 Å². The van der Waals surface area contributed by atoms with Gasteiger partial charge in [-0.2, -0.15) is 0 Å². The highest BCUT2D eigenvalue weighted by molar-refractivity contribution is 14.1. The van der Waals surface area contributed by atoms with Gasteiger partial charge in [-0.25, -0.2) is 0 Å². The molecule has 0 heterocycles. The van der Waals surface area contributed by atoms with Crippen molar-refractivity contribution in [1.82, 2.24) is 0 Å². The number of benzene rings is 2. The first-order valence-electron chi connectivity index (χ1n) is 5.37. The van der Waals surface area contributed by atoms with Gasteiger partial charge in [-0.05, 0) is 71.8 Å². The van der Waals surface area contributed by atoms with Crippen molar-refractivity contribution >= 4 is 28.3 Å². The van der Waals surface area contributed by atoms with Gasteiger partial charge in [0.05, 0.1) is 5.69 Å². The van der Waals surface area contributed by atoms with E-state index in [0.29, 0.717) is 11.4 Å². The lowest BCUT2D eigenvalue weighted by molar-refractivity contribution is 0.480. The molecule has 0 radical (unpaired) electrons. The molecule has 0 spiro atoms. The van der Waals surface area contributed by atoms with Crippen LogP contribution in [0.1, 0.15) is 11.1 Å². The summed E-state index contributed by atoms with van der Waals surface area (Å²) in [5, 5.41) is 0.